The summed E-state index contributed by atoms with van der Waals surface area (Å²) in [4.78, 5) is 27.4. The summed E-state index contributed by atoms with van der Waals surface area (Å²) in [5.74, 6) is -1.83. The van der Waals surface area contributed by atoms with E-state index in [1.54, 1.807) is 29.2 Å². The lowest BCUT2D eigenvalue weighted by atomic mass is 10.2. The van der Waals surface area contributed by atoms with Crippen molar-refractivity contribution in [2.24, 2.45) is 0 Å². The van der Waals surface area contributed by atoms with Gasteiger partial charge in [-0.3, -0.25) is 9.69 Å². The van der Waals surface area contributed by atoms with Crippen molar-refractivity contribution in [1.82, 2.24) is 10.2 Å². The molecule has 1 aliphatic rings. The molecule has 5 nitrogen and oxygen atoms in total. The topological polar surface area (TPSA) is 52.7 Å². The van der Waals surface area contributed by atoms with Crippen LogP contribution in [0.2, 0.25) is 5.02 Å². The minimum Gasteiger partial charge on any atom is -0.350 e. The van der Waals surface area contributed by atoms with Crippen LogP contribution in [-0.4, -0.2) is 36.5 Å². The van der Waals surface area contributed by atoms with Gasteiger partial charge < -0.3 is 10.2 Å². The van der Waals surface area contributed by atoms with Crippen LogP contribution in [0.5, 0.6) is 0 Å². The smallest absolute Gasteiger partial charge is 0.325 e. The number of carbonyl (C=O) groups excluding carboxylic acids is 2. The number of benzene rings is 2. The van der Waals surface area contributed by atoms with Crippen molar-refractivity contribution < 1.29 is 18.4 Å². The molecule has 1 saturated heterocycles. The van der Waals surface area contributed by atoms with Crippen molar-refractivity contribution in [2.45, 2.75) is 6.54 Å². The first-order valence-electron chi connectivity index (χ1n) is 7.96. The fourth-order valence-corrected chi connectivity index (χ4v) is 2.89. The average molecular weight is 380 g/mol. The van der Waals surface area contributed by atoms with Crippen LogP contribution in [0.15, 0.2) is 42.5 Å². The van der Waals surface area contributed by atoms with Crippen LogP contribution in [-0.2, 0) is 11.3 Å². The Morgan fingerprint density at radius 2 is 1.96 bits per heavy atom. The summed E-state index contributed by atoms with van der Waals surface area (Å²) in [6, 6.07) is 9.77. The zero-order valence-corrected chi connectivity index (χ0v) is 14.5. The van der Waals surface area contributed by atoms with Gasteiger partial charge in [-0.25, -0.2) is 13.6 Å². The van der Waals surface area contributed by atoms with Gasteiger partial charge >= 0.3 is 6.03 Å². The molecule has 0 aliphatic carbocycles. The van der Waals surface area contributed by atoms with E-state index in [-0.39, 0.29) is 24.7 Å². The van der Waals surface area contributed by atoms with Gasteiger partial charge in [-0.2, -0.15) is 0 Å². The second-order valence-electron chi connectivity index (χ2n) is 5.85. The Morgan fingerprint density at radius 1 is 1.15 bits per heavy atom. The monoisotopic (exact) mass is 379 g/mol. The Labute approximate surface area is 154 Å². The molecule has 0 saturated carbocycles. The van der Waals surface area contributed by atoms with E-state index in [2.05, 4.69) is 5.32 Å². The number of nitrogens with one attached hydrogen (secondary N) is 1. The van der Waals surface area contributed by atoms with Crippen LogP contribution in [0.4, 0.5) is 19.3 Å². The van der Waals surface area contributed by atoms with Gasteiger partial charge in [0, 0.05) is 42.0 Å². The molecule has 0 unspecified atom stereocenters. The summed E-state index contributed by atoms with van der Waals surface area (Å²) in [7, 11) is 0. The average Bonchev–Trinajstić information content (AvgIpc) is 2.95. The highest BCUT2D eigenvalue weighted by Gasteiger charge is 2.30. The van der Waals surface area contributed by atoms with Gasteiger partial charge in [-0.05, 0) is 24.3 Å². The predicted octanol–water partition coefficient (Wildman–Crippen LogP) is 3.18. The third kappa shape index (κ3) is 4.11. The van der Waals surface area contributed by atoms with Crippen molar-refractivity contribution in [3.63, 3.8) is 0 Å². The zero-order valence-electron chi connectivity index (χ0n) is 13.7. The van der Waals surface area contributed by atoms with Gasteiger partial charge in [-0.15, -0.1) is 0 Å². The van der Waals surface area contributed by atoms with Crippen LogP contribution in [0.1, 0.15) is 5.56 Å². The third-order valence-corrected chi connectivity index (χ3v) is 4.28. The number of amides is 3. The van der Waals surface area contributed by atoms with Gasteiger partial charge in [0.2, 0.25) is 5.91 Å². The molecule has 0 spiro atoms. The Hall–Kier alpha value is -2.67. The first-order valence-corrected chi connectivity index (χ1v) is 8.34. The van der Waals surface area contributed by atoms with Crippen molar-refractivity contribution in [1.29, 1.82) is 0 Å². The SMILES string of the molecule is O=C(CN1CCN(c2cccc(Cl)c2)C1=O)NCc1ccc(F)cc1F. The molecule has 0 atom stereocenters. The summed E-state index contributed by atoms with van der Waals surface area (Å²) in [5, 5.41) is 3.06. The third-order valence-electron chi connectivity index (χ3n) is 4.04. The zero-order chi connectivity index (χ0) is 18.7. The maximum Gasteiger partial charge on any atom is 0.325 e. The Morgan fingerprint density at radius 3 is 2.69 bits per heavy atom. The molecule has 1 N–H and O–H groups in total. The number of hydrogen-bond donors (Lipinski definition) is 1. The molecule has 2 aromatic carbocycles. The fourth-order valence-electron chi connectivity index (χ4n) is 2.70. The van der Waals surface area contributed by atoms with E-state index in [1.807, 2.05) is 0 Å². The van der Waals surface area contributed by atoms with Crippen molar-refractivity contribution in [3.8, 4) is 0 Å². The van der Waals surface area contributed by atoms with E-state index in [1.165, 1.54) is 11.0 Å². The number of hydrogen-bond acceptors (Lipinski definition) is 2. The van der Waals surface area contributed by atoms with E-state index in [0.29, 0.717) is 23.8 Å². The van der Waals surface area contributed by atoms with E-state index in [9.17, 15) is 18.4 Å². The molecule has 3 rings (SSSR count). The highest BCUT2D eigenvalue weighted by atomic mass is 35.5. The second kappa shape index (κ2) is 7.70. The molecule has 1 heterocycles. The van der Waals surface area contributed by atoms with Gasteiger partial charge in [0.15, 0.2) is 0 Å². The maximum absolute atomic E-state index is 13.6. The number of urea groups is 1. The molecule has 3 amide bonds. The molecule has 0 bridgehead atoms. The Bertz CT molecular complexity index is 847. The molecular weight excluding hydrogens is 364 g/mol. The van der Waals surface area contributed by atoms with Crippen molar-refractivity contribution in [2.75, 3.05) is 24.5 Å². The minimum absolute atomic E-state index is 0.0784. The molecule has 2 aromatic rings. The Balaban J connectivity index is 1.56. The molecular formula is C18H16ClF2N3O2. The molecule has 1 aliphatic heterocycles. The molecule has 26 heavy (non-hydrogen) atoms. The highest BCUT2D eigenvalue weighted by molar-refractivity contribution is 6.30. The number of nitrogens with zero attached hydrogens (tertiary/aromatic N) is 2. The Kier molecular flexibility index (Phi) is 5.37. The lowest BCUT2D eigenvalue weighted by Gasteiger charge is -2.18. The maximum atomic E-state index is 13.6. The van der Waals surface area contributed by atoms with Crippen LogP contribution in [0, 0.1) is 11.6 Å². The lowest BCUT2D eigenvalue weighted by Crippen LogP contribution is -2.39. The quantitative estimate of drug-likeness (QED) is 0.867. The summed E-state index contributed by atoms with van der Waals surface area (Å²) < 4.78 is 26.4. The number of carbonyl (C=O) groups is 2. The molecule has 0 radical (unpaired) electrons. The second-order valence-corrected chi connectivity index (χ2v) is 6.28. The molecule has 0 aromatic heterocycles. The van der Waals surface area contributed by atoms with E-state index < -0.39 is 17.5 Å². The normalized spacial score (nSPS) is 14.0. The van der Waals surface area contributed by atoms with Gasteiger partial charge in [0.1, 0.15) is 18.2 Å². The van der Waals surface area contributed by atoms with E-state index >= 15 is 0 Å². The summed E-state index contributed by atoms with van der Waals surface area (Å²) in [5.41, 5.74) is 0.840. The molecule has 8 heteroatoms. The largest absolute Gasteiger partial charge is 0.350 e. The highest BCUT2D eigenvalue weighted by Crippen LogP contribution is 2.23. The van der Waals surface area contributed by atoms with Crippen LogP contribution in [0.3, 0.4) is 0 Å². The number of anilines is 1. The van der Waals surface area contributed by atoms with Gasteiger partial charge in [-0.1, -0.05) is 23.7 Å². The first kappa shape index (κ1) is 18.1. The van der Waals surface area contributed by atoms with Crippen molar-refractivity contribution >= 4 is 29.2 Å². The van der Waals surface area contributed by atoms with Crippen LogP contribution in [0.25, 0.3) is 0 Å². The summed E-state index contributed by atoms with van der Waals surface area (Å²) >= 11 is 5.94. The summed E-state index contributed by atoms with van der Waals surface area (Å²) in [6.07, 6.45) is 0. The number of halogens is 3. The van der Waals surface area contributed by atoms with E-state index in [0.717, 1.165) is 12.1 Å². The van der Waals surface area contributed by atoms with Gasteiger partial charge in [0.25, 0.3) is 0 Å². The van der Waals surface area contributed by atoms with Gasteiger partial charge in [0.05, 0.1) is 0 Å². The van der Waals surface area contributed by atoms with E-state index in [4.69, 9.17) is 11.6 Å². The standard InChI is InChI=1S/C18H16ClF2N3O2/c19-13-2-1-3-15(8-13)24-7-6-23(18(24)26)11-17(25)22-10-12-4-5-14(20)9-16(12)21/h1-5,8-9H,6-7,10-11H2,(H,22,25). The molecule has 136 valence electrons. The molecule has 1 fully saturated rings. The van der Waals surface area contributed by atoms with Crippen LogP contribution < -0.4 is 10.2 Å². The van der Waals surface area contributed by atoms with Crippen molar-refractivity contribution in [3.05, 3.63) is 64.7 Å². The summed E-state index contributed by atoms with van der Waals surface area (Å²) in [6.45, 7) is 0.617. The minimum atomic E-state index is -0.727. The lowest BCUT2D eigenvalue weighted by molar-refractivity contribution is -0.121. The van der Waals surface area contributed by atoms with Crippen LogP contribution >= 0.6 is 11.6 Å². The number of rotatable bonds is 5. The predicted molar refractivity (Wildman–Crippen MR) is 94.0 cm³/mol. The first-order chi connectivity index (χ1) is 12.4. The fraction of sp³-hybridized carbons (Fsp3) is 0.222.